The molecule has 1 saturated heterocycles. The lowest BCUT2D eigenvalue weighted by molar-refractivity contribution is 0.110. The first-order valence-corrected chi connectivity index (χ1v) is 9.25. The normalized spacial score (nSPS) is 16.3. The van der Waals surface area contributed by atoms with Crippen LogP contribution in [0.1, 0.15) is 31.9 Å². The van der Waals surface area contributed by atoms with E-state index in [9.17, 15) is 0 Å². The second-order valence-corrected chi connectivity index (χ2v) is 6.99. The van der Waals surface area contributed by atoms with E-state index in [1.54, 1.807) is 0 Å². The van der Waals surface area contributed by atoms with E-state index in [4.69, 9.17) is 18.9 Å². The van der Waals surface area contributed by atoms with Gasteiger partial charge in [-0.3, -0.25) is 0 Å². The van der Waals surface area contributed by atoms with Gasteiger partial charge in [0.25, 0.3) is 0 Å². The Morgan fingerprint density at radius 3 is 1.92 bits per heavy atom. The van der Waals surface area contributed by atoms with Crippen LogP contribution < -0.4 is 9.47 Å². The van der Waals surface area contributed by atoms with Crippen molar-refractivity contribution in [2.45, 2.75) is 32.3 Å². The maximum Gasteiger partial charge on any atom is 0.119 e. The Labute approximate surface area is 156 Å². The molecule has 1 unspecified atom stereocenters. The van der Waals surface area contributed by atoms with E-state index in [-0.39, 0.29) is 11.5 Å². The third kappa shape index (κ3) is 4.99. The second-order valence-electron chi connectivity index (χ2n) is 6.99. The first-order valence-electron chi connectivity index (χ1n) is 9.25. The van der Waals surface area contributed by atoms with Gasteiger partial charge in [-0.25, -0.2) is 0 Å². The van der Waals surface area contributed by atoms with Crippen LogP contribution in [0.2, 0.25) is 0 Å². The van der Waals surface area contributed by atoms with Crippen molar-refractivity contribution in [2.24, 2.45) is 0 Å². The zero-order valence-corrected chi connectivity index (χ0v) is 15.9. The fourth-order valence-electron chi connectivity index (χ4n) is 2.82. The highest BCUT2D eigenvalue weighted by Gasteiger charge is 2.24. The predicted octanol–water partition coefficient (Wildman–Crippen LogP) is 4.21. The zero-order valence-electron chi connectivity index (χ0n) is 15.9. The first kappa shape index (κ1) is 18.7. The highest BCUT2D eigenvalue weighted by atomic mass is 16.6. The van der Waals surface area contributed by atoms with E-state index >= 15 is 0 Å². The monoisotopic (exact) mass is 356 g/mol. The number of hydrogen-bond donors (Lipinski definition) is 0. The molecule has 1 fully saturated rings. The number of ether oxygens (including phenoxy) is 4. The van der Waals surface area contributed by atoms with E-state index in [2.05, 4.69) is 38.1 Å². The van der Waals surface area contributed by atoms with Crippen molar-refractivity contribution in [2.75, 3.05) is 33.0 Å². The Hall–Kier alpha value is -2.04. The smallest absolute Gasteiger partial charge is 0.119 e. The Bertz CT molecular complexity index is 672. The summed E-state index contributed by atoms with van der Waals surface area (Å²) in [6, 6.07) is 16.6. The summed E-state index contributed by atoms with van der Waals surface area (Å²) in [5.41, 5.74) is 2.40. The molecule has 26 heavy (non-hydrogen) atoms. The molecule has 1 aliphatic heterocycles. The van der Waals surface area contributed by atoms with Crippen LogP contribution >= 0.6 is 0 Å². The van der Waals surface area contributed by atoms with Crippen LogP contribution in [0.3, 0.4) is 0 Å². The van der Waals surface area contributed by atoms with Crippen molar-refractivity contribution in [1.82, 2.24) is 0 Å². The highest BCUT2D eigenvalue weighted by molar-refractivity contribution is 5.41. The van der Waals surface area contributed by atoms with Gasteiger partial charge in [0.1, 0.15) is 30.8 Å². The molecular weight excluding hydrogens is 328 g/mol. The molecule has 0 spiro atoms. The second kappa shape index (κ2) is 8.56. The standard InChI is InChI=1S/C22H28O4/c1-4-23-13-14-24-19-9-5-17(6-10-19)22(2,3)18-7-11-20(12-8-18)25-15-21-16-26-21/h5-12,21H,4,13-16H2,1-3H3. The Kier molecular flexibility index (Phi) is 6.17. The predicted molar refractivity (Wildman–Crippen MR) is 102 cm³/mol. The van der Waals surface area contributed by atoms with Crippen LogP contribution in [-0.4, -0.2) is 39.1 Å². The van der Waals surface area contributed by atoms with E-state index in [1.165, 1.54) is 11.1 Å². The minimum absolute atomic E-state index is 0.0953. The van der Waals surface area contributed by atoms with Gasteiger partial charge in [0, 0.05) is 12.0 Å². The van der Waals surface area contributed by atoms with Crippen LogP contribution in [0.5, 0.6) is 11.5 Å². The SMILES string of the molecule is CCOCCOc1ccc(C(C)(C)c2ccc(OCC3CO3)cc2)cc1. The first-order chi connectivity index (χ1) is 12.6. The molecule has 4 heteroatoms. The maximum atomic E-state index is 5.72. The van der Waals surface area contributed by atoms with Gasteiger partial charge in [0.05, 0.1) is 13.2 Å². The quantitative estimate of drug-likeness (QED) is 0.472. The average molecular weight is 356 g/mol. The molecule has 4 nitrogen and oxygen atoms in total. The molecule has 0 bridgehead atoms. The number of epoxide rings is 1. The third-order valence-electron chi connectivity index (χ3n) is 4.69. The lowest BCUT2D eigenvalue weighted by Crippen LogP contribution is -2.18. The van der Waals surface area contributed by atoms with Gasteiger partial charge >= 0.3 is 0 Å². The molecule has 0 radical (unpaired) electrons. The van der Waals surface area contributed by atoms with Crippen LogP contribution in [0, 0.1) is 0 Å². The van der Waals surface area contributed by atoms with Gasteiger partial charge in [0.15, 0.2) is 0 Å². The van der Waals surface area contributed by atoms with Crippen LogP contribution in [-0.2, 0) is 14.9 Å². The number of hydrogen-bond acceptors (Lipinski definition) is 4. The largest absolute Gasteiger partial charge is 0.491 e. The Morgan fingerprint density at radius 2 is 1.42 bits per heavy atom. The van der Waals surface area contributed by atoms with Gasteiger partial charge in [-0.1, -0.05) is 38.1 Å². The molecule has 2 aromatic carbocycles. The third-order valence-corrected chi connectivity index (χ3v) is 4.69. The van der Waals surface area contributed by atoms with Crippen molar-refractivity contribution < 1.29 is 18.9 Å². The molecule has 0 aliphatic carbocycles. The molecule has 1 aliphatic rings. The summed E-state index contributed by atoms with van der Waals surface area (Å²) in [5, 5.41) is 0. The summed E-state index contributed by atoms with van der Waals surface area (Å²) >= 11 is 0. The van der Waals surface area contributed by atoms with Gasteiger partial charge in [0.2, 0.25) is 0 Å². The molecule has 0 aromatic heterocycles. The Morgan fingerprint density at radius 1 is 0.885 bits per heavy atom. The van der Waals surface area contributed by atoms with Gasteiger partial charge < -0.3 is 18.9 Å². The van der Waals surface area contributed by atoms with Crippen molar-refractivity contribution in [1.29, 1.82) is 0 Å². The van der Waals surface area contributed by atoms with Crippen molar-refractivity contribution in [3.8, 4) is 11.5 Å². The van der Waals surface area contributed by atoms with Gasteiger partial charge in [-0.05, 0) is 42.3 Å². The summed E-state index contributed by atoms with van der Waals surface area (Å²) in [7, 11) is 0. The van der Waals surface area contributed by atoms with Crippen molar-refractivity contribution in [3.63, 3.8) is 0 Å². The molecule has 3 rings (SSSR count). The van der Waals surface area contributed by atoms with Crippen LogP contribution in [0.25, 0.3) is 0 Å². The van der Waals surface area contributed by atoms with Crippen LogP contribution in [0.15, 0.2) is 48.5 Å². The fourth-order valence-corrected chi connectivity index (χ4v) is 2.82. The maximum absolute atomic E-state index is 5.72. The molecule has 0 saturated carbocycles. The summed E-state index contributed by atoms with van der Waals surface area (Å²) in [5.74, 6) is 1.76. The lowest BCUT2D eigenvalue weighted by Gasteiger charge is -2.26. The number of benzene rings is 2. The number of rotatable bonds is 10. The van der Waals surface area contributed by atoms with Gasteiger partial charge in [-0.15, -0.1) is 0 Å². The minimum atomic E-state index is -0.0953. The molecule has 140 valence electrons. The van der Waals surface area contributed by atoms with E-state index < -0.39 is 0 Å². The molecule has 2 aromatic rings. The molecule has 1 heterocycles. The van der Waals surface area contributed by atoms with Gasteiger partial charge in [-0.2, -0.15) is 0 Å². The highest BCUT2D eigenvalue weighted by Crippen LogP contribution is 2.33. The summed E-state index contributed by atoms with van der Waals surface area (Å²) in [4.78, 5) is 0. The molecule has 0 N–H and O–H groups in total. The minimum Gasteiger partial charge on any atom is -0.491 e. The Balaban J connectivity index is 1.60. The molecular formula is C22H28O4. The lowest BCUT2D eigenvalue weighted by atomic mass is 9.78. The summed E-state index contributed by atoms with van der Waals surface area (Å²) < 4.78 is 21.9. The molecule has 1 atom stereocenters. The van der Waals surface area contributed by atoms with E-state index in [0.717, 1.165) is 18.1 Å². The zero-order chi connectivity index (χ0) is 18.4. The van der Waals surface area contributed by atoms with E-state index in [0.29, 0.717) is 26.4 Å². The van der Waals surface area contributed by atoms with E-state index in [1.807, 2.05) is 31.2 Å². The van der Waals surface area contributed by atoms with Crippen molar-refractivity contribution >= 4 is 0 Å². The van der Waals surface area contributed by atoms with Crippen molar-refractivity contribution in [3.05, 3.63) is 59.7 Å². The fraction of sp³-hybridized carbons (Fsp3) is 0.455. The molecule has 0 amide bonds. The summed E-state index contributed by atoms with van der Waals surface area (Å²) in [6.07, 6.45) is 0.278. The van der Waals surface area contributed by atoms with Crippen LogP contribution in [0.4, 0.5) is 0 Å². The topological polar surface area (TPSA) is 40.2 Å². The average Bonchev–Trinajstić information content (AvgIpc) is 3.49. The summed E-state index contributed by atoms with van der Waals surface area (Å²) in [6.45, 7) is 9.79.